The van der Waals surface area contributed by atoms with Gasteiger partial charge in [0.25, 0.3) is 0 Å². The van der Waals surface area contributed by atoms with Crippen molar-refractivity contribution in [3.63, 3.8) is 0 Å². The summed E-state index contributed by atoms with van der Waals surface area (Å²) in [5.41, 5.74) is 0. The summed E-state index contributed by atoms with van der Waals surface area (Å²) in [6, 6.07) is 0. The van der Waals surface area contributed by atoms with Gasteiger partial charge >= 0.3 is 96.3 Å². The quantitative estimate of drug-likeness (QED) is 0.268. The second kappa shape index (κ2) is 9.80. The van der Waals surface area contributed by atoms with Crippen LogP contribution in [0.2, 0.25) is 0 Å². The van der Waals surface area contributed by atoms with Crippen LogP contribution in [0.5, 0.6) is 0 Å². The molecule has 8 nitrogen and oxygen atoms in total. The first kappa shape index (κ1) is 23.8. The Morgan fingerprint density at radius 3 is 0.583 bits per heavy atom. The molecule has 0 spiro atoms. The van der Waals surface area contributed by atoms with E-state index in [-0.39, 0.29) is 75.5 Å². The first-order chi connectivity index (χ1) is 4.00. The van der Waals surface area contributed by atoms with Crippen LogP contribution in [-0.4, -0.2) is 111 Å². The van der Waals surface area contributed by atoms with E-state index in [1.807, 2.05) is 0 Å². The summed E-state index contributed by atoms with van der Waals surface area (Å²) in [5, 5.41) is 0. The standard InChI is InChI=1S/2Ca.2H2O4S.4H/c;;2*1-5(2,3)4;;;;/h;;2*(H2,1,2,3,4);;;;. The van der Waals surface area contributed by atoms with E-state index in [0.29, 0.717) is 0 Å². The summed E-state index contributed by atoms with van der Waals surface area (Å²) in [5.74, 6) is 0. The van der Waals surface area contributed by atoms with Gasteiger partial charge in [-0.15, -0.1) is 0 Å². The van der Waals surface area contributed by atoms with Gasteiger partial charge < -0.3 is 0 Å². The Kier molecular flexibility index (Phi) is 19.5. The zero-order chi connectivity index (χ0) is 9.00. The third kappa shape index (κ3) is 304. The van der Waals surface area contributed by atoms with E-state index in [9.17, 15) is 0 Å². The first-order valence-electron chi connectivity index (χ1n) is 1.40. The SMILES string of the molecule is O=S(=O)(O)O.O=S(=O)(O)O.[CaH2].[CaH2]. The molecule has 0 bridgehead atoms. The van der Waals surface area contributed by atoms with Crippen molar-refractivity contribution >= 4 is 96.3 Å². The molecule has 4 N–H and O–H groups in total. The molecular weight excluding hydrogens is 272 g/mol. The van der Waals surface area contributed by atoms with E-state index in [1.165, 1.54) is 0 Å². The predicted molar refractivity (Wildman–Crippen MR) is 45.4 cm³/mol. The number of rotatable bonds is 0. The Balaban J connectivity index is -0.0000000457. The molecular formula is H8Ca2O8S2. The fourth-order valence-corrected chi connectivity index (χ4v) is 0. The molecule has 0 aromatic rings. The Morgan fingerprint density at radius 1 is 0.583 bits per heavy atom. The zero-order valence-electron chi connectivity index (χ0n) is 4.24. The summed E-state index contributed by atoms with van der Waals surface area (Å²) in [7, 11) is -9.33. The van der Waals surface area contributed by atoms with E-state index in [1.54, 1.807) is 0 Å². The van der Waals surface area contributed by atoms with Gasteiger partial charge in [-0.1, -0.05) is 0 Å². The maximum atomic E-state index is 8.74. The molecule has 0 aromatic heterocycles. The third-order valence-electron chi connectivity index (χ3n) is 0. The van der Waals surface area contributed by atoms with Gasteiger partial charge in [-0.3, -0.25) is 18.2 Å². The molecule has 0 saturated heterocycles. The molecule has 0 saturated carbocycles. The van der Waals surface area contributed by atoms with Crippen molar-refractivity contribution in [3.8, 4) is 0 Å². The molecule has 0 heterocycles. The van der Waals surface area contributed by atoms with Crippen LogP contribution >= 0.6 is 0 Å². The molecule has 12 heavy (non-hydrogen) atoms. The van der Waals surface area contributed by atoms with Crippen molar-refractivity contribution in [3.05, 3.63) is 0 Å². The average molecular weight is 280 g/mol. The predicted octanol–water partition coefficient (Wildman–Crippen LogP) is -3.14. The van der Waals surface area contributed by atoms with Gasteiger partial charge in [0.05, 0.1) is 0 Å². The molecule has 0 aliphatic rings. The van der Waals surface area contributed by atoms with Gasteiger partial charge in [0.15, 0.2) is 0 Å². The van der Waals surface area contributed by atoms with Crippen LogP contribution in [0.15, 0.2) is 0 Å². The maximum absolute atomic E-state index is 8.74. The summed E-state index contributed by atoms with van der Waals surface area (Å²) in [4.78, 5) is 0. The van der Waals surface area contributed by atoms with Gasteiger partial charge in [-0.05, 0) is 0 Å². The summed E-state index contributed by atoms with van der Waals surface area (Å²) in [6.45, 7) is 0. The van der Waals surface area contributed by atoms with Crippen molar-refractivity contribution in [1.82, 2.24) is 0 Å². The second-order valence-corrected chi connectivity index (χ2v) is 2.69. The zero-order valence-corrected chi connectivity index (χ0v) is 5.87. The van der Waals surface area contributed by atoms with Crippen molar-refractivity contribution in [2.45, 2.75) is 0 Å². The van der Waals surface area contributed by atoms with Crippen LogP contribution in [-0.2, 0) is 20.8 Å². The van der Waals surface area contributed by atoms with Crippen molar-refractivity contribution < 1.29 is 35.0 Å². The van der Waals surface area contributed by atoms with E-state index in [4.69, 9.17) is 35.0 Å². The minimum absolute atomic E-state index is 0. The Labute approximate surface area is 129 Å². The van der Waals surface area contributed by atoms with Gasteiger partial charge in [0, 0.05) is 0 Å². The van der Waals surface area contributed by atoms with Crippen molar-refractivity contribution in [2.24, 2.45) is 0 Å². The molecule has 0 amide bonds. The van der Waals surface area contributed by atoms with Crippen LogP contribution in [0.4, 0.5) is 0 Å². The summed E-state index contributed by atoms with van der Waals surface area (Å²) in [6.07, 6.45) is 0. The van der Waals surface area contributed by atoms with Crippen molar-refractivity contribution in [1.29, 1.82) is 0 Å². The van der Waals surface area contributed by atoms with E-state index in [2.05, 4.69) is 0 Å². The number of hydrogen-bond acceptors (Lipinski definition) is 4. The molecule has 0 aliphatic heterocycles. The van der Waals surface area contributed by atoms with Crippen molar-refractivity contribution in [2.75, 3.05) is 0 Å². The molecule has 0 unspecified atom stereocenters. The van der Waals surface area contributed by atoms with E-state index < -0.39 is 20.8 Å². The molecule has 0 aliphatic carbocycles. The fraction of sp³-hybridized carbons (Fsp3) is 0. The van der Waals surface area contributed by atoms with Crippen LogP contribution < -0.4 is 0 Å². The molecule has 0 radical (unpaired) electrons. The second-order valence-electron chi connectivity index (χ2n) is 0.896. The van der Waals surface area contributed by atoms with Gasteiger partial charge in [0.2, 0.25) is 0 Å². The topological polar surface area (TPSA) is 149 Å². The first-order valence-corrected chi connectivity index (χ1v) is 4.19. The van der Waals surface area contributed by atoms with E-state index >= 15 is 0 Å². The van der Waals surface area contributed by atoms with Crippen LogP contribution in [0, 0.1) is 0 Å². The molecule has 72 valence electrons. The molecule has 0 rings (SSSR count). The Bertz CT molecular complexity index is 211. The average Bonchev–Trinajstić information content (AvgIpc) is 1.12. The van der Waals surface area contributed by atoms with Crippen LogP contribution in [0.25, 0.3) is 0 Å². The Morgan fingerprint density at radius 2 is 0.583 bits per heavy atom. The third-order valence-corrected chi connectivity index (χ3v) is 0. The van der Waals surface area contributed by atoms with E-state index in [0.717, 1.165) is 0 Å². The van der Waals surface area contributed by atoms with Crippen LogP contribution in [0.3, 0.4) is 0 Å². The van der Waals surface area contributed by atoms with Crippen LogP contribution in [0.1, 0.15) is 0 Å². The monoisotopic (exact) mass is 280 g/mol. The molecule has 0 atom stereocenters. The van der Waals surface area contributed by atoms with Gasteiger partial charge in [0.1, 0.15) is 0 Å². The summed E-state index contributed by atoms with van der Waals surface area (Å²) < 4.78 is 63.2. The van der Waals surface area contributed by atoms with Gasteiger partial charge in [-0.25, -0.2) is 0 Å². The minimum atomic E-state index is -4.67. The molecule has 12 heteroatoms. The van der Waals surface area contributed by atoms with Gasteiger partial charge in [-0.2, -0.15) is 16.8 Å². The summed E-state index contributed by atoms with van der Waals surface area (Å²) >= 11 is 0. The normalized spacial score (nSPS) is 9.67. The molecule has 0 aromatic carbocycles. The fourth-order valence-electron chi connectivity index (χ4n) is 0. The Hall–Kier alpha value is 2.26. The molecule has 0 fully saturated rings. The number of hydrogen-bond donors (Lipinski definition) is 4.